The maximum atomic E-state index is 12.0. The Morgan fingerprint density at radius 1 is 0.906 bits per heavy atom. The van der Waals surface area contributed by atoms with Gasteiger partial charge in [-0.25, -0.2) is 0 Å². The summed E-state index contributed by atoms with van der Waals surface area (Å²) >= 11 is 0. The van der Waals surface area contributed by atoms with Gasteiger partial charge in [0.25, 0.3) is 0 Å². The first-order chi connectivity index (χ1) is 15.0. The molecule has 1 heterocycles. The van der Waals surface area contributed by atoms with E-state index in [9.17, 15) is 19.2 Å². The predicted molar refractivity (Wildman–Crippen MR) is 111 cm³/mol. The summed E-state index contributed by atoms with van der Waals surface area (Å²) in [7, 11) is 0. The first-order valence-electron chi connectivity index (χ1n) is 10.1. The molecule has 10 nitrogen and oxygen atoms in total. The van der Waals surface area contributed by atoms with Crippen LogP contribution in [0.2, 0.25) is 0 Å². The molecule has 0 radical (unpaired) electrons. The smallest absolute Gasteiger partial charge is 0.303 e. The fraction of sp³-hybridized carbons (Fsp3) is 0.545. The molecule has 0 unspecified atom stereocenters. The van der Waals surface area contributed by atoms with Crippen molar-refractivity contribution in [2.45, 2.75) is 72.2 Å². The Labute approximate surface area is 186 Å². The van der Waals surface area contributed by atoms with Crippen LogP contribution in [0.15, 0.2) is 18.2 Å². The minimum atomic E-state index is -1.16. The summed E-state index contributed by atoms with van der Waals surface area (Å²) in [5.74, 6) is -1.83. The van der Waals surface area contributed by atoms with E-state index in [0.717, 1.165) is 11.1 Å². The fourth-order valence-electron chi connectivity index (χ4n) is 3.49. The quantitative estimate of drug-likeness (QED) is 0.483. The van der Waals surface area contributed by atoms with Crippen molar-refractivity contribution in [1.29, 1.82) is 0 Å². The molecule has 1 aromatic carbocycles. The van der Waals surface area contributed by atoms with E-state index in [4.69, 9.17) is 23.7 Å². The zero-order valence-electron chi connectivity index (χ0n) is 19.0. The second kappa shape index (κ2) is 10.9. The number of carbonyl (C=O) groups excluding carboxylic acids is 4. The van der Waals surface area contributed by atoms with Gasteiger partial charge in [0.15, 0.2) is 12.2 Å². The lowest BCUT2D eigenvalue weighted by atomic mass is 9.96. The second-order valence-corrected chi connectivity index (χ2v) is 7.56. The molecule has 0 aliphatic carbocycles. The predicted octanol–water partition coefficient (Wildman–Crippen LogP) is 1.34. The Morgan fingerprint density at radius 3 is 1.97 bits per heavy atom. The van der Waals surface area contributed by atoms with E-state index in [0.29, 0.717) is 5.75 Å². The van der Waals surface area contributed by atoms with Crippen molar-refractivity contribution in [2.24, 2.45) is 0 Å². The second-order valence-electron chi connectivity index (χ2n) is 7.56. The van der Waals surface area contributed by atoms with Gasteiger partial charge in [-0.05, 0) is 25.0 Å². The van der Waals surface area contributed by atoms with Crippen molar-refractivity contribution >= 4 is 23.8 Å². The number of aryl methyl sites for hydroxylation is 2. The van der Waals surface area contributed by atoms with Crippen LogP contribution >= 0.6 is 0 Å². The van der Waals surface area contributed by atoms with E-state index in [1.807, 2.05) is 32.0 Å². The number of para-hydroxylation sites is 1. The van der Waals surface area contributed by atoms with Crippen molar-refractivity contribution in [3.8, 4) is 5.75 Å². The molecule has 2 rings (SSSR count). The van der Waals surface area contributed by atoms with Crippen LogP contribution in [0.25, 0.3) is 0 Å². The molecule has 1 N–H and O–H groups in total. The average molecular weight is 451 g/mol. The monoisotopic (exact) mass is 451 g/mol. The highest BCUT2D eigenvalue weighted by atomic mass is 16.7. The van der Waals surface area contributed by atoms with Gasteiger partial charge in [-0.2, -0.15) is 0 Å². The topological polar surface area (TPSA) is 126 Å². The largest absolute Gasteiger partial charge is 0.463 e. The molecular weight excluding hydrogens is 422 g/mol. The van der Waals surface area contributed by atoms with Crippen LogP contribution in [0.5, 0.6) is 5.75 Å². The molecule has 0 saturated carbocycles. The molecule has 10 heteroatoms. The van der Waals surface area contributed by atoms with Crippen molar-refractivity contribution in [3.63, 3.8) is 0 Å². The molecular formula is C22H29NO9. The zero-order valence-corrected chi connectivity index (χ0v) is 19.0. The average Bonchev–Trinajstić information content (AvgIpc) is 2.66. The third kappa shape index (κ3) is 6.68. The van der Waals surface area contributed by atoms with Crippen molar-refractivity contribution < 1.29 is 42.9 Å². The van der Waals surface area contributed by atoms with Crippen LogP contribution in [0.3, 0.4) is 0 Å². The van der Waals surface area contributed by atoms with Crippen LogP contribution in [0.1, 0.15) is 38.8 Å². The Balaban J connectivity index is 2.50. The van der Waals surface area contributed by atoms with Crippen LogP contribution < -0.4 is 10.1 Å². The molecule has 1 aliphatic heterocycles. The Kier molecular flexibility index (Phi) is 8.59. The molecule has 0 aromatic heterocycles. The number of benzene rings is 1. The van der Waals surface area contributed by atoms with Gasteiger partial charge in [0.05, 0.1) is 0 Å². The minimum absolute atomic E-state index is 0.287. The van der Waals surface area contributed by atoms with E-state index >= 15 is 0 Å². The number of nitrogens with one attached hydrogen (secondary N) is 1. The Morgan fingerprint density at radius 2 is 1.47 bits per heavy atom. The summed E-state index contributed by atoms with van der Waals surface area (Å²) < 4.78 is 28.0. The molecule has 1 fully saturated rings. The fourth-order valence-corrected chi connectivity index (χ4v) is 3.49. The van der Waals surface area contributed by atoms with E-state index in [2.05, 4.69) is 5.32 Å². The molecule has 1 aromatic rings. The van der Waals surface area contributed by atoms with Gasteiger partial charge in [0.1, 0.15) is 24.5 Å². The third-order valence-corrected chi connectivity index (χ3v) is 4.71. The number of esters is 3. The Bertz CT molecular complexity index is 849. The number of hydrogen-bond donors (Lipinski definition) is 1. The highest BCUT2D eigenvalue weighted by Crippen LogP contribution is 2.31. The maximum absolute atomic E-state index is 12.0. The van der Waals surface area contributed by atoms with Gasteiger partial charge < -0.3 is 29.0 Å². The van der Waals surface area contributed by atoms with Gasteiger partial charge >= 0.3 is 17.9 Å². The lowest BCUT2D eigenvalue weighted by Crippen LogP contribution is -2.67. The summed E-state index contributed by atoms with van der Waals surface area (Å²) in [6.07, 6.45) is -4.49. The zero-order chi connectivity index (χ0) is 24.0. The molecule has 0 bridgehead atoms. The van der Waals surface area contributed by atoms with Gasteiger partial charge in [-0.15, -0.1) is 0 Å². The molecule has 5 atom stereocenters. The number of hydrogen-bond acceptors (Lipinski definition) is 9. The first kappa shape index (κ1) is 25.1. The standard InChI is InChI=1S/C22H29NO9/c1-11-8-7-9-12(2)19(11)32-22-18(23-13(3)24)21(30-16(6)27)20(29-15(5)26)17(31-22)10-28-14(4)25/h7-9,17-18,20-22H,10H2,1-6H3,(H,23,24)/t17-,18+,20+,21+,22+/m1/s1. The van der Waals surface area contributed by atoms with Crippen LogP contribution in [-0.2, 0) is 38.1 Å². The van der Waals surface area contributed by atoms with Crippen LogP contribution in [0.4, 0.5) is 0 Å². The lowest BCUT2D eigenvalue weighted by molar-refractivity contribution is -0.257. The lowest BCUT2D eigenvalue weighted by Gasteiger charge is -2.45. The molecule has 1 saturated heterocycles. The van der Waals surface area contributed by atoms with E-state index in [-0.39, 0.29) is 6.61 Å². The highest BCUT2D eigenvalue weighted by Gasteiger charge is 2.52. The van der Waals surface area contributed by atoms with E-state index in [1.54, 1.807) is 0 Å². The Hall–Kier alpha value is -3.14. The maximum Gasteiger partial charge on any atom is 0.303 e. The minimum Gasteiger partial charge on any atom is -0.463 e. The van der Waals surface area contributed by atoms with Gasteiger partial charge in [-0.1, -0.05) is 18.2 Å². The number of ether oxygens (including phenoxy) is 5. The summed E-state index contributed by atoms with van der Waals surface area (Å²) in [6.45, 7) is 8.28. The van der Waals surface area contributed by atoms with Gasteiger partial charge in [0, 0.05) is 27.7 Å². The SMILES string of the molecule is CC(=O)N[C@@H]1[C@H](Oc2c(C)cccc2C)O[C@H](COC(C)=O)[C@H](OC(C)=O)[C@H]1OC(C)=O. The van der Waals surface area contributed by atoms with Gasteiger partial charge in [-0.3, -0.25) is 19.2 Å². The summed E-state index contributed by atoms with van der Waals surface area (Å²) in [4.78, 5) is 47.0. The third-order valence-electron chi connectivity index (χ3n) is 4.71. The van der Waals surface area contributed by atoms with Crippen LogP contribution in [-0.4, -0.2) is 61.1 Å². The summed E-state index contributed by atoms with van der Waals surface area (Å²) in [6, 6.07) is 4.54. The molecule has 176 valence electrons. The van der Waals surface area contributed by atoms with Crippen LogP contribution in [0, 0.1) is 13.8 Å². The summed E-state index contributed by atoms with van der Waals surface area (Å²) in [5, 5.41) is 2.67. The molecule has 1 aliphatic rings. The molecule has 0 spiro atoms. The number of rotatable bonds is 7. The van der Waals surface area contributed by atoms with E-state index < -0.39 is 54.5 Å². The first-order valence-corrected chi connectivity index (χ1v) is 10.1. The number of carbonyl (C=O) groups is 4. The highest BCUT2D eigenvalue weighted by molar-refractivity contribution is 5.73. The van der Waals surface area contributed by atoms with Crippen molar-refractivity contribution in [1.82, 2.24) is 5.32 Å². The van der Waals surface area contributed by atoms with Crippen molar-refractivity contribution in [3.05, 3.63) is 29.3 Å². The van der Waals surface area contributed by atoms with E-state index in [1.165, 1.54) is 27.7 Å². The normalized spacial score (nSPS) is 24.8. The summed E-state index contributed by atoms with van der Waals surface area (Å²) in [5.41, 5.74) is 1.63. The molecule has 1 amide bonds. The molecule has 32 heavy (non-hydrogen) atoms. The number of amides is 1. The van der Waals surface area contributed by atoms with Crippen molar-refractivity contribution in [2.75, 3.05) is 6.61 Å². The van der Waals surface area contributed by atoms with Gasteiger partial charge in [0.2, 0.25) is 12.2 Å².